The molecule has 1 atom stereocenters. The van der Waals surface area contributed by atoms with Crippen LogP contribution >= 0.6 is 0 Å². The molecule has 3 nitrogen and oxygen atoms in total. The lowest BCUT2D eigenvalue weighted by atomic mass is 9.96. The van der Waals surface area contributed by atoms with Crippen LogP contribution in [0.2, 0.25) is 0 Å². The maximum atomic E-state index is 13.3. The van der Waals surface area contributed by atoms with Gasteiger partial charge in [0.1, 0.15) is 17.3 Å². The molecule has 1 aliphatic rings. The Hall–Kier alpha value is -1.29. The van der Waals surface area contributed by atoms with E-state index >= 15 is 0 Å². The van der Waals surface area contributed by atoms with Gasteiger partial charge in [-0.15, -0.1) is 0 Å². The van der Waals surface area contributed by atoms with E-state index in [1.807, 2.05) is 0 Å². The van der Waals surface area contributed by atoms with Gasteiger partial charge in [0, 0.05) is 30.2 Å². The van der Waals surface area contributed by atoms with Crippen molar-refractivity contribution in [3.63, 3.8) is 0 Å². The van der Waals surface area contributed by atoms with Crippen molar-refractivity contribution in [2.75, 3.05) is 27.3 Å². The average molecular weight is 225 g/mol. The lowest BCUT2D eigenvalue weighted by Crippen LogP contribution is -2.10. The molecule has 1 aromatic carbocycles. The molecule has 0 aliphatic carbocycles. The van der Waals surface area contributed by atoms with Gasteiger partial charge >= 0.3 is 0 Å². The van der Waals surface area contributed by atoms with Crippen molar-refractivity contribution in [2.45, 2.75) is 12.3 Å². The Labute approximate surface area is 94.6 Å². The second-order valence-electron chi connectivity index (χ2n) is 3.91. The zero-order valence-corrected chi connectivity index (χ0v) is 9.55. The summed E-state index contributed by atoms with van der Waals surface area (Å²) in [5.41, 5.74) is 0.969. The molecule has 0 radical (unpaired) electrons. The molecule has 1 N–H and O–H groups in total. The van der Waals surface area contributed by atoms with Crippen molar-refractivity contribution in [3.8, 4) is 11.5 Å². The van der Waals surface area contributed by atoms with E-state index in [9.17, 15) is 4.39 Å². The van der Waals surface area contributed by atoms with Crippen LogP contribution in [0.3, 0.4) is 0 Å². The number of hydrogen-bond donors (Lipinski definition) is 1. The standard InChI is InChI=1S/C12H16FNO2/c1-15-10-5-9(13)6-11(16-2)12(10)8-3-4-14-7-8/h5-6,8,14H,3-4,7H2,1-2H3. The molecule has 1 heterocycles. The van der Waals surface area contributed by atoms with Crippen LogP contribution in [0.15, 0.2) is 12.1 Å². The van der Waals surface area contributed by atoms with Crippen molar-refractivity contribution >= 4 is 0 Å². The van der Waals surface area contributed by atoms with Crippen LogP contribution in [0.1, 0.15) is 17.9 Å². The van der Waals surface area contributed by atoms with Gasteiger partial charge in [0.15, 0.2) is 0 Å². The maximum absolute atomic E-state index is 13.3. The smallest absolute Gasteiger partial charge is 0.130 e. The first-order valence-electron chi connectivity index (χ1n) is 5.38. The topological polar surface area (TPSA) is 30.5 Å². The average Bonchev–Trinajstić information content (AvgIpc) is 2.80. The number of methoxy groups -OCH3 is 2. The molecule has 1 aromatic rings. The molecule has 4 heteroatoms. The summed E-state index contributed by atoms with van der Waals surface area (Å²) >= 11 is 0. The largest absolute Gasteiger partial charge is 0.496 e. The van der Waals surface area contributed by atoms with Crippen LogP contribution < -0.4 is 14.8 Å². The Morgan fingerprint density at radius 1 is 1.25 bits per heavy atom. The molecule has 0 saturated carbocycles. The Morgan fingerprint density at radius 3 is 2.31 bits per heavy atom. The number of hydrogen-bond acceptors (Lipinski definition) is 3. The summed E-state index contributed by atoms with van der Waals surface area (Å²) in [6.07, 6.45) is 1.03. The highest BCUT2D eigenvalue weighted by molar-refractivity contribution is 5.48. The second kappa shape index (κ2) is 4.70. The number of rotatable bonds is 3. The molecule has 0 aromatic heterocycles. The summed E-state index contributed by atoms with van der Waals surface area (Å²) in [5.74, 6) is 1.16. The lowest BCUT2D eigenvalue weighted by molar-refractivity contribution is 0.374. The van der Waals surface area contributed by atoms with Crippen molar-refractivity contribution in [1.29, 1.82) is 0 Å². The summed E-state index contributed by atoms with van der Waals surface area (Å²) < 4.78 is 23.8. The molecule has 1 unspecified atom stereocenters. The number of benzene rings is 1. The molecule has 1 fully saturated rings. The van der Waals surface area contributed by atoms with Crippen LogP contribution in [0.25, 0.3) is 0 Å². The highest BCUT2D eigenvalue weighted by Gasteiger charge is 2.24. The van der Waals surface area contributed by atoms with Crippen molar-refractivity contribution in [2.24, 2.45) is 0 Å². The molecule has 0 amide bonds. The van der Waals surface area contributed by atoms with Crippen molar-refractivity contribution in [3.05, 3.63) is 23.5 Å². The van der Waals surface area contributed by atoms with Gasteiger partial charge in [-0.3, -0.25) is 0 Å². The van der Waals surface area contributed by atoms with Crippen LogP contribution in [-0.2, 0) is 0 Å². The Balaban J connectivity index is 2.46. The summed E-state index contributed by atoms with van der Waals surface area (Å²) in [5, 5.41) is 3.28. The summed E-state index contributed by atoms with van der Waals surface area (Å²) in [7, 11) is 3.11. The third-order valence-corrected chi connectivity index (χ3v) is 2.98. The van der Waals surface area contributed by atoms with Gasteiger partial charge in [0.25, 0.3) is 0 Å². The third-order valence-electron chi connectivity index (χ3n) is 2.98. The Kier molecular flexibility index (Phi) is 3.29. The SMILES string of the molecule is COc1cc(F)cc(OC)c1C1CCNC1. The summed E-state index contributed by atoms with van der Waals surface area (Å²) in [6.45, 7) is 1.87. The second-order valence-corrected chi connectivity index (χ2v) is 3.91. The molecule has 0 spiro atoms. The van der Waals surface area contributed by atoms with E-state index in [1.165, 1.54) is 12.1 Å². The van der Waals surface area contributed by atoms with E-state index in [1.54, 1.807) is 14.2 Å². The van der Waals surface area contributed by atoms with Crippen LogP contribution in [0.5, 0.6) is 11.5 Å². The predicted molar refractivity (Wildman–Crippen MR) is 59.7 cm³/mol. The number of ether oxygens (including phenoxy) is 2. The van der Waals surface area contributed by atoms with E-state index in [0.29, 0.717) is 17.4 Å². The van der Waals surface area contributed by atoms with Gasteiger partial charge in [-0.1, -0.05) is 0 Å². The summed E-state index contributed by atoms with van der Waals surface area (Å²) in [4.78, 5) is 0. The third kappa shape index (κ3) is 1.97. The fourth-order valence-electron chi connectivity index (χ4n) is 2.21. The Morgan fingerprint density at radius 2 is 1.88 bits per heavy atom. The van der Waals surface area contributed by atoms with Crippen molar-refractivity contribution < 1.29 is 13.9 Å². The number of halogens is 1. The minimum absolute atomic E-state index is 0.330. The van der Waals surface area contributed by atoms with Gasteiger partial charge in [-0.05, 0) is 13.0 Å². The zero-order chi connectivity index (χ0) is 11.5. The van der Waals surface area contributed by atoms with Gasteiger partial charge in [-0.25, -0.2) is 4.39 Å². The van der Waals surface area contributed by atoms with Gasteiger partial charge in [0.05, 0.1) is 14.2 Å². The first kappa shape index (κ1) is 11.2. The molecule has 2 rings (SSSR count). The van der Waals surface area contributed by atoms with E-state index in [4.69, 9.17) is 9.47 Å². The quantitative estimate of drug-likeness (QED) is 0.852. The van der Waals surface area contributed by atoms with Gasteiger partial charge < -0.3 is 14.8 Å². The van der Waals surface area contributed by atoms with E-state index < -0.39 is 0 Å². The van der Waals surface area contributed by atoms with E-state index in [-0.39, 0.29) is 5.82 Å². The maximum Gasteiger partial charge on any atom is 0.130 e. The van der Waals surface area contributed by atoms with Gasteiger partial charge in [-0.2, -0.15) is 0 Å². The summed E-state index contributed by atoms with van der Waals surface area (Å²) in [6, 6.07) is 2.83. The molecule has 16 heavy (non-hydrogen) atoms. The van der Waals surface area contributed by atoms with E-state index in [0.717, 1.165) is 25.1 Å². The van der Waals surface area contributed by atoms with Crippen LogP contribution in [0.4, 0.5) is 4.39 Å². The van der Waals surface area contributed by atoms with Crippen LogP contribution in [0, 0.1) is 5.82 Å². The zero-order valence-electron chi connectivity index (χ0n) is 9.55. The van der Waals surface area contributed by atoms with E-state index in [2.05, 4.69) is 5.32 Å². The normalized spacial score (nSPS) is 19.8. The molecular weight excluding hydrogens is 209 g/mol. The lowest BCUT2D eigenvalue weighted by Gasteiger charge is -2.17. The highest BCUT2D eigenvalue weighted by Crippen LogP contribution is 2.38. The first-order chi connectivity index (χ1) is 7.76. The highest BCUT2D eigenvalue weighted by atomic mass is 19.1. The van der Waals surface area contributed by atoms with Crippen molar-refractivity contribution in [1.82, 2.24) is 5.32 Å². The minimum atomic E-state index is -0.330. The molecule has 1 saturated heterocycles. The molecule has 88 valence electrons. The predicted octanol–water partition coefficient (Wildman–Crippen LogP) is 1.92. The first-order valence-corrected chi connectivity index (χ1v) is 5.38. The molecule has 0 bridgehead atoms. The van der Waals surface area contributed by atoms with Gasteiger partial charge in [0.2, 0.25) is 0 Å². The fraction of sp³-hybridized carbons (Fsp3) is 0.500. The minimum Gasteiger partial charge on any atom is -0.496 e. The Bertz CT molecular complexity index is 350. The fourth-order valence-corrected chi connectivity index (χ4v) is 2.21. The molecular formula is C12H16FNO2. The molecule has 1 aliphatic heterocycles. The number of nitrogens with one attached hydrogen (secondary N) is 1. The monoisotopic (exact) mass is 225 g/mol. The van der Waals surface area contributed by atoms with Crippen LogP contribution in [-0.4, -0.2) is 27.3 Å².